The summed E-state index contributed by atoms with van der Waals surface area (Å²) >= 11 is 1.58. The number of hydrogen-bond acceptors (Lipinski definition) is 4. The molecule has 6 heteroatoms. The zero-order valence-electron chi connectivity index (χ0n) is 14.4. The number of carboxylic acids is 1. The van der Waals surface area contributed by atoms with Gasteiger partial charge in [0.15, 0.2) is 5.54 Å². The predicted octanol–water partition coefficient (Wildman–Crippen LogP) is 3.63. The van der Waals surface area contributed by atoms with Crippen molar-refractivity contribution in [2.75, 3.05) is 18.1 Å². The van der Waals surface area contributed by atoms with Gasteiger partial charge in [-0.05, 0) is 30.1 Å². The van der Waals surface area contributed by atoms with Gasteiger partial charge in [-0.2, -0.15) is 11.8 Å². The summed E-state index contributed by atoms with van der Waals surface area (Å²) in [6, 6.07) is 9.39. The molecule has 1 N–H and O–H groups in total. The molecule has 0 radical (unpaired) electrons. The van der Waals surface area contributed by atoms with Crippen LogP contribution < -0.4 is 0 Å². The van der Waals surface area contributed by atoms with Crippen LogP contribution in [0.15, 0.2) is 30.3 Å². The van der Waals surface area contributed by atoms with Crippen molar-refractivity contribution in [1.82, 2.24) is 4.90 Å². The van der Waals surface area contributed by atoms with Crippen LogP contribution in [0.2, 0.25) is 0 Å². The van der Waals surface area contributed by atoms with Crippen molar-refractivity contribution in [3.05, 3.63) is 35.9 Å². The van der Waals surface area contributed by atoms with E-state index >= 15 is 0 Å². The maximum atomic E-state index is 12.6. The lowest BCUT2D eigenvalue weighted by atomic mass is 9.79. The molecule has 0 bridgehead atoms. The van der Waals surface area contributed by atoms with Crippen LogP contribution >= 0.6 is 11.8 Å². The molecule has 1 aromatic rings. The zero-order chi connectivity index (χ0) is 17.8. The van der Waals surface area contributed by atoms with Gasteiger partial charge in [0, 0.05) is 12.3 Å². The fourth-order valence-electron chi connectivity index (χ4n) is 3.22. The number of carbonyl (C=O) groups excluding carboxylic acids is 1. The highest BCUT2D eigenvalue weighted by Crippen LogP contribution is 2.42. The number of aliphatic carboxylic acids is 1. The van der Waals surface area contributed by atoms with Gasteiger partial charge in [0.25, 0.3) is 0 Å². The summed E-state index contributed by atoms with van der Waals surface area (Å²) < 4.78 is 5.39. The van der Waals surface area contributed by atoms with Crippen LogP contribution in [0.25, 0.3) is 0 Å². The van der Waals surface area contributed by atoms with Gasteiger partial charge in [-0.3, -0.25) is 4.90 Å². The molecule has 1 aliphatic heterocycles. The summed E-state index contributed by atoms with van der Waals surface area (Å²) in [5.41, 5.74) is -0.478. The van der Waals surface area contributed by atoms with Crippen LogP contribution in [0, 0.1) is 5.41 Å². The van der Waals surface area contributed by atoms with Gasteiger partial charge in [0.05, 0.1) is 0 Å². The lowest BCUT2D eigenvalue weighted by molar-refractivity contribution is -0.151. The summed E-state index contributed by atoms with van der Waals surface area (Å²) in [4.78, 5) is 26.1. The molecule has 24 heavy (non-hydrogen) atoms. The van der Waals surface area contributed by atoms with Gasteiger partial charge in [0.2, 0.25) is 0 Å². The Balaban J connectivity index is 2.17. The van der Waals surface area contributed by atoms with Crippen molar-refractivity contribution < 1.29 is 19.4 Å². The molecule has 5 nitrogen and oxygen atoms in total. The van der Waals surface area contributed by atoms with Crippen molar-refractivity contribution in [3.63, 3.8) is 0 Å². The quantitative estimate of drug-likeness (QED) is 0.877. The highest BCUT2D eigenvalue weighted by atomic mass is 32.2. The van der Waals surface area contributed by atoms with Crippen LogP contribution in [0.5, 0.6) is 0 Å². The predicted molar refractivity (Wildman–Crippen MR) is 95.1 cm³/mol. The Morgan fingerprint density at radius 3 is 2.46 bits per heavy atom. The number of carbonyl (C=O) groups is 2. The third kappa shape index (κ3) is 4.04. The number of thioether (sulfide) groups is 1. The average molecular weight is 351 g/mol. The van der Waals surface area contributed by atoms with E-state index in [1.54, 1.807) is 18.7 Å². The van der Waals surface area contributed by atoms with E-state index < -0.39 is 17.6 Å². The second kappa shape index (κ2) is 7.47. The number of rotatable bonds is 5. The second-order valence-electron chi connectivity index (χ2n) is 6.95. The number of ether oxygens (including phenoxy) is 1. The van der Waals surface area contributed by atoms with E-state index in [0.717, 1.165) is 11.3 Å². The fraction of sp³-hybridized carbons (Fsp3) is 0.556. The Morgan fingerprint density at radius 2 is 1.92 bits per heavy atom. The van der Waals surface area contributed by atoms with Crippen LogP contribution in [-0.2, 0) is 16.1 Å². The van der Waals surface area contributed by atoms with E-state index in [4.69, 9.17) is 4.74 Å². The van der Waals surface area contributed by atoms with Gasteiger partial charge < -0.3 is 9.84 Å². The molecule has 0 aromatic heterocycles. The summed E-state index contributed by atoms with van der Waals surface area (Å²) in [5, 5.41) is 9.89. The monoisotopic (exact) mass is 351 g/mol. The Morgan fingerprint density at radius 1 is 1.25 bits per heavy atom. The second-order valence-corrected chi connectivity index (χ2v) is 7.94. The summed E-state index contributed by atoms with van der Waals surface area (Å²) in [7, 11) is 0. The summed E-state index contributed by atoms with van der Waals surface area (Å²) in [6.07, 6.45) is -0.140. The van der Waals surface area contributed by atoms with Gasteiger partial charge in [-0.25, -0.2) is 9.59 Å². The molecular weight excluding hydrogens is 326 g/mol. The minimum Gasteiger partial charge on any atom is -0.479 e. The molecule has 132 valence electrons. The maximum absolute atomic E-state index is 12.6. The largest absolute Gasteiger partial charge is 0.479 e. The minimum absolute atomic E-state index is 0.141. The lowest BCUT2D eigenvalue weighted by Crippen LogP contribution is -2.62. The SMILES string of the molecule is CCN(C(=O)OCc1ccccc1)C1(C(=O)O)CSCC(C)(C)C1. The number of likely N-dealkylation sites (N-methyl/N-ethyl adjacent to an activating group) is 1. The lowest BCUT2D eigenvalue weighted by Gasteiger charge is -2.47. The molecule has 1 heterocycles. The number of nitrogens with zero attached hydrogens (tertiary/aromatic N) is 1. The van der Waals surface area contributed by atoms with Crippen molar-refractivity contribution in [2.45, 2.75) is 39.3 Å². The minimum atomic E-state index is -1.21. The maximum Gasteiger partial charge on any atom is 0.411 e. The van der Waals surface area contributed by atoms with Crippen LogP contribution in [0.3, 0.4) is 0 Å². The third-order valence-corrected chi connectivity index (χ3v) is 5.93. The smallest absolute Gasteiger partial charge is 0.411 e. The molecule has 1 amide bonds. The normalized spacial score (nSPS) is 22.6. The summed E-state index contributed by atoms with van der Waals surface area (Å²) in [6.45, 7) is 6.32. The molecule has 1 fully saturated rings. The Bertz CT molecular complexity index is 590. The Kier molecular flexibility index (Phi) is 5.80. The van der Waals surface area contributed by atoms with E-state index in [1.807, 2.05) is 44.2 Å². The van der Waals surface area contributed by atoms with Gasteiger partial charge in [-0.1, -0.05) is 44.2 Å². The highest BCUT2D eigenvalue weighted by molar-refractivity contribution is 7.99. The molecule has 1 aliphatic rings. The summed E-state index contributed by atoms with van der Waals surface area (Å²) in [5.74, 6) is 0.319. The van der Waals surface area contributed by atoms with Crippen molar-refractivity contribution >= 4 is 23.8 Å². The third-order valence-electron chi connectivity index (χ3n) is 4.26. The number of benzene rings is 1. The molecule has 1 unspecified atom stereocenters. The molecule has 0 saturated carbocycles. The van der Waals surface area contributed by atoms with Crippen LogP contribution in [0.4, 0.5) is 4.79 Å². The topological polar surface area (TPSA) is 66.8 Å². The molecule has 1 aromatic carbocycles. The van der Waals surface area contributed by atoms with Crippen molar-refractivity contribution in [2.24, 2.45) is 5.41 Å². The fourth-order valence-corrected chi connectivity index (χ4v) is 4.70. The number of hydrogen-bond donors (Lipinski definition) is 1. The zero-order valence-corrected chi connectivity index (χ0v) is 15.3. The highest BCUT2D eigenvalue weighted by Gasteiger charge is 2.52. The Hall–Kier alpha value is -1.69. The Labute approximate surface area is 147 Å². The molecule has 2 rings (SSSR count). The number of amides is 1. The van der Waals surface area contributed by atoms with Crippen LogP contribution in [0.1, 0.15) is 32.8 Å². The van der Waals surface area contributed by atoms with Gasteiger partial charge in [-0.15, -0.1) is 0 Å². The molecule has 0 aliphatic carbocycles. The molecule has 1 atom stereocenters. The molecule has 0 spiro atoms. The van der Waals surface area contributed by atoms with Crippen LogP contribution in [-0.4, -0.2) is 45.7 Å². The average Bonchev–Trinajstić information content (AvgIpc) is 2.53. The number of carboxylic acid groups (broad SMARTS) is 1. The van der Waals surface area contributed by atoms with Gasteiger partial charge >= 0.3 is 12.1 Å². The van der Waals surface area contributed by atoms with E-state index in [1.165, 1.54) is 4.90 Å². The molecular formula is C18H25NO4S. The first-order valence-corrected chi connectivity index (χ1v) is 9.26. The first-order valence-electron chi connectivity index (χ1n) is 8.10. The first kappa shape index (κ1) is 18.6. The molecule has 1 saturated heterocycles. The van der Waals surface area contributed by atoms with Gasteiger partial charge in [0.1, 0.15) is 6.61 Å². The van der Waals surface area contributed by atoms with E-state index in [-0.39, 0.29) is 12.0 Å². The van der Waals surface area contributed by atoms with E-state index in [2.05, 4.69) is 0 Å². The van der Waals surface area contributed by atoms with E-state index in [0.29, 0.717) is 18.7 Å². The first-order chi connectivity index (χ1) is 11.3. The van der Waals surface area contributed by atoms with E-state index in [9.17, 15) is 14.7 Å². The van der Waals surface area contributed by atoms with Crippen molar-refractivity contribution in [3.8, 4) is 0 Å². The standard InChI is InChI=1S/C18H25NO4S/c1-4-19(16(22)23-10-14-8-6-5-7-9-14)18(15(20)21)11-17(2,3)12-24-13-18/h5-9H,4,10-13H2,1-3H3,(H,20,21). The van der Waals surface area contributed by atoms with Crippen molar-refractivity contribution in [1.29, 1.82) is 0 Å².